The second kappa shape index (κ2) is 10.3. The van der Waals surface area contributed by atoms with E-state index >= 15 is 0 Å². The Balaban J connectivity index is 1.47. The minimum atomic E-state index is -0.564. The topological polar surface area (TPSA) is 91.8 Å². The third kappa shape index (κ3) is 4.74. The quantitative estimate of drug-likeness (QED) is 0.664. The van der Waals surface area contributed by atoms with Crippen molar-refractivity contribution in [3.63, 3.8) is 0 Å². The minimum Gasteiger partial charge on any atom is -0.392 e. The van der Waals surface area contributed by atoms with Crippen LogP contribution in [0.25, 0.3) is 0 Å². The van der Waals surface area contributed by atoms with Gasteiger partial charge in [0.1, 0.15) is 5.69 Å². The first-order valence-corrected chi connectivity index (χ1v) is 13.0. The molecule has 2 N–H and O–H groups in total. The maximum Gasteiger partial charge on any atom is 0.270 e. The largest absolute Gasteiger partial charge is 0.392 e. The van der Waals surface area contributed by atoms with E-state index in [1.807, 2.05) is 17.9 Å². The van der Waals surface area contributed by atoms with E-state index in [1.165, 1.54) is 0 Å². The van der Waals surface area contributed by atoms with Crippen LogP contribution in [0, 0.1) is 29.1 Å². The summed E-state index contributed by atoms with van der Waals surface area (Å²) in [7, 11) is 1.68. The van der Waals surface area contributed by atoms with Crippen LogP contribution in [-0.4, -0.2) is 65.3 Å². The molecule has 2 aliphatic carbocycles. The Labute approximate surface area is 203 Å². The number of nitrogens with zero attached hydrogens (tertiary/aromatic N) is 2. The van der Waals surface area contributed by atoms with Crippen molar-refractivity contribution in [1.29, 1.82) is 0 Å². The number of aliphatic hydroxyl groups excluding tert-OH is 1. The number of carbonyl (C=O) groups is 2. The van der Waals surface area contributed by atoms with Gasteiger partial charge in [0.05, 0.1) is 18.8 Å². The number of likely N-dealkylation sites (tertiary alicyclic amines) is 1. The molecule has 7 heteroatoms. The summed E-state index contributed by atoms with van der Waals surface area (Å²) in [6, 6.07) is 5.46. The highest BCUT2D eigenvalue weighted by molar-refractivity contribution is 5.92. The summed E-state index contributed by atoms with van der Waals surface area (Å²) < 4.78 is 5.34. The van der Waals surface area contributed by atoms with Gasteiger partial charge in [0.2, 0.25) is 5.91 Å². The highest BCUT2D eigenvalue weighted by Crippen LogP contribution is 2.55. The molecule has 0 radical (unpaired) electrons. The van der Waals surface area contributed by atoms with Crippen molar-refractivity contribution in [2.75, 3.05) is 20.3 Å². The van der Waals surface area contributed by atoms with E-state index in [9.17, 15) is 14.7 Å². The van der Waals surface area contributed by atoms with Crippen molar-refractivity contribution in [2.45, 2.75) is 77.5 Å². The van der Waals surface area contributed by atoms with Gasteiger partial charge in [-0.25, -0.2) is 0 Å². The van der Waals surface area contributed by atoms with E-state index in [0.29, 0.717) is 12.3 Å². The lowest BCUT2D eigenvalue weighted by atomic mass is 9.51. The van der Waals surface area contributed by atoms with E-state index in [1.54, 1.807) is 25.4 Å². The summed E-state index contributed by atoms with van der Waals surface area (Å²) in [5, 5.41) is 14.9. The molecule has 1 saturated heterocycles. The highest BCUT2D eigenvalue weighted by atomic mass is 16.5. The van der Waals surface area contributed by atoms with Crippen molar-refractivity contribution in [2.24, 2.45) is 29.1 Å². The molecular formula is C27H41N3O4. The minimum absolute atomic E-state index is 0.0170. The predicted molar refractivity (Wildman–Crippen MR) is 130 cm³/mol. The van der Waals surface area contributed by atoms with Gasteiger partial charge >= 0.3 is 0 Å². The maximum absolute atomic E-state index is 13.5. The molecular weight excluding hydrogens is 430 g/mol. The summed E-state index contributed by atoms with van der Waals surface area (Å²) in [5.41, 5.74) is 0.442. The summed E-state index contributed by atoms with van der Waals surface area (Å²) in [4.78, 5) is 32.4. The Kier molecular flexibility index (Phi) is 7.63. The Morgan fingerprint density at radius 1 is 1.29 bits per heavy atom. The lowest BCUT2D eigenvalue weighted by Crippen LogP contribution is -2.58. The fourth-order valence-corrected chi connectivity index (χ4v) is 7.17. The molecule has 34 heavy (non-hydrogen) atoms. The van der Waals surface area contributed by atoms with Crippen LogP contribution in [0.1, 0.15) is 69.8 Å². The fraction of sp³-hybridized carbons (Fsp3) is 0.741. The van der Waals surface area contributed by atoms with E-state index < -0.39 is 6.10 Å². The molecule has 7 nitrogen and oxygen atoms in total. The molecule has 1 aromatic rings. The smallest absolute Gasteiger partial charge is 0.270 e. The molecule has 4 rings (SSSR count). The number of nitrogens with one attached hydrogen (secondary N) is 1. The van der Waals surface area contributed by atoms with E-state index in [4.69, 9.17) is 4.74 Å². The molecule has 2 heterocycles. The number of methoxy groups -OCH3 is 1. The van der Waals surface area contributed by atoms with Crippen molar-refractivity contribution in [3.05, 3.63) is 30.1 Å². The van der Waals surface area contributed by atoms with Crippen LogP contribution in [0.2, 0.25) is 0 Å². The summed E-state index contributed by atoms with van der Waals surface area (Å²) in [6.45, 7) is 7.78. The number of hydrogen-bond acceptors (Lipinski definition) is 5. The molecule has 0 bridgehead atoms. The summed E-state index contributed by atoms with van der Waals surface area (Å²) >= 11 is 0. The van der Waals surface area contributed by atoms with Gasteiger partial charge in [0, 0.05) is 31.8 Å². The van der Waals surface area contributed by atoms with Gasteiger partial charge in [-0.05, 0) is 73.8 Å². The molecule has 2 amide bonds. The van der Waals surface area contributed by atoms with Gasteiger partial charge < -0.3 is 20.1 Å². The normalized spacial score (nSPS) is 36.6. The third-order valence-electron chi connectivity index (χ3n) is 9.15. The van der Waals surface area contributed by atoms with Gasteiger partial charge in [-0.2, -0.15) is 0 Å². The molecule has 1 aromatic heterocycles. The van der Waals surface area contributed by atoms with Crippen molar-refractivity contribution >= 4 is 11.8 Å². The number of aliphatic hydroxyl groups is 1. The lowest BCUT2D eigenvalue weighted by Gasteiger charge is -2.56. The van der Waals surface area contributed by atoms with Crippen molar-refractivity contribution in [3.8, 4) is 0 Å². The number of pyridine rings is 1. The van der Waals surface area contributed by atoms with Gasteiger partial charge in [-0.15, -0.1) is 0 Å². The molecule has 3 fully saturated rings. The molecule has 0 spiro atoms. The molecule has 8 atom stereocenters. The average molecular weight is 472 g/mol. The average Bonchev–Trinajstić information content (AvgIpc) is 3.29. The van der Waals surface area contributed by atoms with Gasteiger partial charge in [-0.3, -0.25) is 14.6 Å². The lowest BCUT2D eigenvalue weighted by molar-refractivity contribution is -0.151. The number of hydrogen-bond donors (Lipinski definition) is 2. The van der Waals surface area contributed by atoms with Crippen LogP contribution in [0.5, 0.6) is 0 Å². The van der Waals surface area contributed by atoms with Gasteiger partial charge in [-0.1, -0.05) is 26.8 Å². The van der Waals surface area contributed by atoms with Crippen molar-refractivity contribution < 1.29 is 19.4 Å². The van der Waals surface area contributed by atoms with Crippen LogP contribution in [-0.2, 0) is 9.53 Å². The highest BCUT2D eigenvalue weighted by Gasteiger charge is 2.54. The van der Waals surface area contributed by atoms with Crippen LogP contribution in [0.4, 0.5) is 0 Å². The summed E-state index contributed by atoms with van der Waals surface area (Å²) in [6.07, 6.45) is 6.77. The standard InChI is InChI=1S/C27H41N3O4/c1-17(26(33)30-15-7-8-19(30)16-34-4)20-10-12-27(3)13-11-21(18(2)23(27)24(20)31)29-25(32)22-9-5-6-14-28-22/h5-6,9,14,17-21,23-24,31H,7-8,10-13,15-16H2,1-4H3,(H,29,32). The Bertz CT molecular complexity index is 865. The zero-order valence-electron chi connectivity index (χ0n) is 21.1. The van der Waals surface area contributed by atoms with Crippen molar-refractivity contribution in [1.82, 2.24) is 15.2 Å². The molecule has 3 aliphatic rings. The SMILES string of the molecule is COCC1CCCN1C(=O)C(C)C1CCC2(C)CCC(NC(=O)c3ccccn3)C(C)C2C1O. The van der Waals surface area contributed by atoms with Crippen LogP contribution < -0.4 is 5.32 Å². The molecule has 1 aliphatic heterocycles. The molecule has 188 valence electrons. The number of amides is 2. The zero-order valence-corrected chi connectivity index (χ0v) is 21.1. The number of aromatic nitrogens is 1. The Morgan fingerprint density at radius 2 is 2.06 bits per heavy atom. The van der Waals surface area contributed by atoms with E-state index in [2.05, 4.69) is 24.1 Å². The van der Waals surface area contributed by atoms with E-state index in [-0.39, 0.29) is 53.0 Å². The molecule has 0 aromatic carbocycles. The predicted octanol–water partition coefficient (Wildman–Crippen LogP) is 3.28. The van der Waals surface area contributed by atoms with Gasteiger partial charge in [0.25, 0.3) is 5.91 Å². The van der Waals surface area contributed by atoms with Crippen LogP contribution in [0.3, 0.4) is 0 Å². The van der Waals surface area contributed by atoms with Crippen LogP contribution in [0.15, 0.2) is 24.4 Å². The molecule has 2 saturated carbocycles. The van der Waals surface area contributed by atoms with Crippen LogP contribution >= 0.6 is 0 Å². The number of rotatable bonds is 6. The zero-order chi connectivity index (χ0) is 24.5. The first-order chi connectivity index (χ1) is 16.3. The third-order valence-corrected chi connectivity index (χ3v) is 9.15. The molecule has 8 unspecified atom stereocenters. The van der Waals surface area contributed by atoms with Gasteiger partial charge in [0.15, 0.2) is 0 Å². The number of ether oxygens (including phenoxy) is 1. The second-order valence-electron chi connectivity index (χ2n) is 11.1. The fourth-order valence-electron chi connectivity index (χ4n) is 7.17. The monoisotopic (exact) mass is 471 g/mol. The Morgan fingerprint density at radius 3 is 2.76 bits per heavy atom. The first-order valence-electron chi connectivity index (χ1n) is 13.0. The number of fused-ring (bicyclic) bond motifs is 1. The maximum atomic E-state index is 13.5. The summed E-state index contributed by atoms with van der Waals surface area (Å²) in [5.74, 6) is -0.160. The second-order valence-corrected chi connectivity index (χ2v) is 11.1. The Hall–Kier alpha value is -1.99. The number of carbonyl (C=O) groups excluding carboxylic acids is 2. The first kappa shape index (κ1) is 25.1. The van der Waals surface area contributed by atoms with E-state index in [0.717, 1.165) is 45.1 Å².